The van der Waals surface area contributed by atoms with Gasteiger partial charge in [0.1, 0.15) is 11.6 Å². The predicted molar refractivity (Wildman–Crippen MR) is 76.9 cm³/mol. The molecule has 0 unspecified atom stereocenters. The number of rotatable bonds is 4. The SMILES string of the molecule is Cc1ccc(-n2c(C)nnc2SCc2ccno2)cc1. The standard InChI is InChI=1S/C14H14N4OS/c1-10-3-5-12(6-4-10)18-11(2)16-17-14(18)20-9-13-7-8-15-19-13/h3-8H,9H2,1-2H3. The Hall–Kier alpha value is -2.08. The maximum Gasteiger partial charge on any atom is 0.196 e. The van der Waals surface area contributed by atoms with Crippen LogP contribution in [-0.4, -0.2) is 19.9 Å². The number of thioether (sulfide) groups is 1. The Kier molecular flexibility index (Phi) is 3.56. The third kappa shape index (κ3) is 2.60. The van der Waals surface area contributed by atoms with E-state index in [1.54, 1.807) is 18.0 Å². The number of hydrogen-bond acceptors (Lipinski definition) is 5. The van der Waals surface area contributed by atoms with E-state index in [-0.39, 0.29) is 0 Å². The third-order valence-electron chi connectivity index (χ3n) is 2.92. The summed E-state index contributed by atoms with van der Waals surface area (Å²) in [7, 11) is 0. The molecule has 3 rings (SSSR count). The van der Waals surface area contributed by atoms with Crippen LogP contribution in [0.4, 0.5) is 0 Å². The highest BCUT2D eigenvalue weighted by Gasteiger charge is 2.12. The van der Waals surface area contributed by atoms with Crippen LogP contribution >= 0.6 is 11.8 Å². The Labute approximate surface area is 121 Å². The number of benzene rings is 1. The average Bonchev–Trinajstić information content (AvgIpc) is 3.07. The van der Waals surface area contributed by atoms with Crippen LogP contribution in [0.15, 0.2) is 46.2 Å². The van der Waals surface area contributed by atoms with E-state index < -0.39 is 0 Å². The molecule has 3 aromatic rings. The van der Waals surface area contributed by atoms with Gasteiger partial charge in [0.2, 0.25) is 0 Å². The maximum absolute atomic E-state index is 5.10. The van der Waals surface area contributed by atoms with E-state index in [2.05, 4.69) is 46.5 Å². The molecule has 0 saturated carbocycles. The van der Waals surface area contributed by atoms with E-state index in [0.717, 1.165) is 22.4 Å². The summed E-state index contributed by atoms with van der Waals surface area (Å²) in [6, 6.07) is 10.2. The molecule has 2 heterocycles. The summed E-state index contributed by atoms with van der Waals surface area (Å²) in [5, 5.41) is 12.9. The molecular formula is C14H14N4OS. The van der Waals surface area contributed by atoms with Gasteiger partial charge in [0.25, 0.3) is 0 Å². The molecular weight excluding hydrogens is 272 g/mol. The Bertz CT molecular complexity index is 689. The molecule has 1 aromatic carbocycles. The molecule has 102 valence electrons. The highest BCUT2D eigenvalue weighted by molar-refractivity contribution is 7.98. The van der Waals surface area contributed by atoms with Crippen molar-refractivity contribution in [2.24, 2.45) is 0 Å². The lowest BCUT2D eigenvalue weighted by Gasteiger charge is -2.08. The molecule has 0 amide bonds. The highest BCUT2D eigenvalue weighted by Crippen LogP contribution is 2.25. The number of nitrogens with zero attached hydrogens (tertiary/aromatic N) is 4. The molecule has 5 nitrogen and oxygen atoms in total. The lowest BCUT2D eigenvalue weighted by atomic mass is 10.2. The second-order valence-electron chi connectivity index (χ2n) is 4.47. The first-order valence-electron chi connectivity index (χ1n) is 6.25. The number of hydrogen-bond donors (Lipinski definition) is 0. The largest absolute Gasteiger partial charge is 0.361 e. The fourth-order valence-electron chi connectivity index (χ4n) is 1.88. The van der Waals surface area contributed by atoms with Crippen molar-refractivity contribution in [1.29, 1.82) is 0 Å². The van der Waals surface area contributed by atoms with Gasteiger partial charge in [-0.1, -0.05) is 34.6 Å². The minimum Gasteiger partial charge on any atom is -0.361 e. The third-order valence-corrected chi connectivity index (χ3v) is 3.87. The Morgan fingerprint density at radius 1 is 1.10 bits per heavy atom. The zero-order chi connectivity index (χ0) is 13.9. The van der Waals surface area contributed by atoms with Gasteiger partial charge in [-0.2, -0.15) is 0 Å². The molecule has 0 spiro atoms. The van der Waals surface area contributed by atoms with Gasteiger partial charge >= 0.3 is 0 Å². The molecule has 2 aromatic heterocycles. The second-order valence-corrected chi connectivity index (χ2v) is 5.41. The van der Waals surface area contributed by atoms with Crippen molar-refractivity contribution < 1.29 is 4.52 Å². The van der Waals surface area contributed by atoms with Crippen LogP contribution in [0.3, 0.4) is 0 Å². The molecule has 20 heavy (non-hydrogen) atoms. The van der Waals surface area contributed by atoms with Crippen LogP contribution < -0.4 is 0 Å². The average molecular weight is 286 g/mol. The Morgan fingerprint density at radius 2 is 1.90 bits per heavy atom. The first-order chi connectivity index (χ1) is 9.74. The fourth-order valence-corrected chi connectivity index (χ4v) is 2.77. The molecule has 0 saturated heterocycles. The molecule has 0 bridgehead atoms. The highest BCUT2D eigenvalue weighted by atomic mass is 32.2. The van der Waals surface area contributed by atoms with Crippen LogP contribution in [0, 0.1) is 13.8 Å². The zero-order valence-corrected chi connectivity index (χ0v) is 12.1. The van der Waals surface area contributed by atoms with E-state index in [1.807, 2.05) is 17.6 Å². The van der Waals surface area contributed by atoms with Crippen molar-refractivity contribution in [3.8, 4) is 5.69 Å². The first-order valence-corrected chi connectivity index (χ1v) is 7.24. The van der Waals surface area contributed by atoms with Gasteiger partial charge in [0.05, 0.1) is 11.9 Å². The van der Waals surface area contributed by atoms with Crippen LogP contribution in [0.2, 0.25) is 0 Å². The Morgan fingerprint density at radius 3 is 2.60 bits per heavy atom. The van der Waals surface area contributed by atoms with Gasteiger partial charge in [-0.25, -0.2) is 0 Å². The van der Waals surface area contributed by atoms with E-state index >= 15 is 0 Å². The lowest BCUT2D eigenvalue weighted by Crippen LogP contribution is -1.99. The van der Waals surface area contributed by atoms with Gasteiger partial charge in [-0.05, 0) is 26.0 Å². The lowest BCUT2D eigenvalue weighted by molar-refractivity contribution is 0.395. The zero-order valence-electron chi connectivity index (χ0n) is 11.3. The summed E-state index contributed by atoms with van der Waals surface area (Å²) < 4.78 is 7.14. The minimum absolute atomic E-state index is 0.685. The van der Waals surface area contributed by atoms with Crippen LogP contribution in [-0.2, 0) is 5.75 Å². The minimum atomic E-state index is 0.685. The normalized spacial score (nSPS) is 10.9. The van der Waals surface area contributed by atoms with Crippen LogP contribution in [0.1, 0.15) is 17.1 Å². The summed E-state index contributed by atoms with van der Waals surface area (Å²) in [4.78, 5) is 0. The summed E-state index contributed by atoms with van der Waals surface area (Å²) >= 11 is 1.58. The number of aromatic nitrogens is 4. The van der Waals surface area contributed by atoms with Crippen molar-refractivity contribution in [3.05, 3.63) is 53.7 Å². The van der Waals surface area contributed by atoms with Gasteiger partial charge in [-0.15, -0.1) is 10.2 Å². The van der Waals surface area contributed by atoms with Crippen LogP contribution in [0.25, 0.3) is 5.69 Å². The molecule has 0 aliphatic rings. The molecule has 0 aliphatic heterocycles. The first kappa shape index (κ1) is 12.9. The van der Waals surface area contributed by atoms with E-state index in [4.69, 9.17) is 4.52 Å². The van der Waals surface area contributed by atoms with Gasteiger partial charge in [-0.3, -0.25) is 4.57 Å². The fraction of sp³-hybridized carbons (Fsp3) is 0.214. The maximum atomic E-state index is 5.10. The quantitative estimate of drug-likeness (QED) is 0.689. The van der Waals surface area contributed by atoms with Gasteiger partial charge < -0.3 is 4.52 Å². The van der Waals surface area contributed by atoms with Crippen LogP contribution in [0.5, 0.6) is 0 Å². The molecule has 0 fully saturated rings. The van der Waals surface area contributed by atoms with Crippen molar-refractivity contribution in [3.63, 3.8) is 0 Å². The van der Waals surface area contributed by atoms with E-state index in [0.29, 0.717) is 5.75 Å². The van der Waals surface area contributed by atoms with Crippen molar-refractivity contribution in [2.75, 3.05) is 0 Å². The van der Waals surface area contributed by atoms with Gasteiger partial charge in [0.15, 0.2) is 5.16 Å². The van der Waals surface area contributed by atoms with Crippen molar-refractivity contribution in [2.45, 2.75) is 24.8 Å². The van der Waals surface area contributed by atoms with Gasteiger partial charge in [0, 0.05) is 11.8 Å². The topological polar surface area (TPSA) is 56.7 Å². The summed E-state index contributed by atoms with van der Waals surface area (Å²) in [5.74, 6) is 2.38. The van der Waals surface area contributed by atoms with E-state index in [1.165, 1.54) is 5.56 Å². The molecule has 0 N–H and O–H groups in total. The summed E-state index contributed by atoms with van der Waals surface area (Å²) in [5.41, 5.74) is 2.30. The summed E-state index contributed by atoms with van der Waals surface area (Å²) in [6.45, 7) is 4.02. The predicted octanol–water partition coefficient (Wildman–Crippen LogP) is 3.16. The molecule has 0 radical (unpaired) electrons. The second kappa shape index (κ2) is 5.50. The Balaban J connectivity index is 1.87. The smallest absolute Gasteiger partial charge is 0.196 e. The summed E-state index contributed by atoms with van der Waals surface area (Å²) in [6.07, 6.45) is 1.64. The number of aryl methyl sites for hydroxylation is 2. The molecule has 0 atom stereocenters. The van der Waals surface area contributed by atoms with E-state index in [9.17, 15) is 0 Å². The molecule has 6 heteroatoms. The molecule has 0 aliphatic carbocycles. The monoisotopic (exact) mass is 286 g/mol. The van der Waals surface area contributed by atoms with Crippen molar-refractivity contribution >= 4 is 11.8 Å². The van der Waals surface area contributed by atoms with Crippen molar-refractivity contribution in [1.82, 2.24) is 19.9 Å².